The van der Waals surface area contributed by atoms with Crippen molar-refractivity contribution in [3.05, 3.63) is 74.8 Å². The van der Waals surface area contributed by atoms with E-state index in [1.165, 1.54) is 10.8 Å². The highest BCUT2D eigenvalue weighted by molar-refractivity contribution is 7.71. The van der Waals surface area contributed by atoms with Crippen molar-refractivity contribution in [2.45, 2.75) is 6.92 Å². The van der Waals surface area contributed by atoms with Crippen molar-refractivity contribution in [1.82, 2.24) is 9.55 Å². The topological polar surface area (TPSA) is 96.4 Å². The monoisotopic (exact) mass is 352 g/mol. The predicted molar refractivity (Wildman–Crippen MR) is 102 cm³/mol. The second-order valence-electron chi connectivity index (χ2n) is 5.52. The largest absolute Gasteiger partial charge is 0.494 e. The van der Waals surface area contributed by atoms with Crippen LogP contribution in [0.1, 0.15) is 11.1 Å². The van der Waals surface area contributed by atoms with E-state index in [9.17, 15) is 9.90 Å². The van der Waals surface area contributed by atoms with Gasteiger partial charge in [-0.15, -0.1) is 0 Å². The molecule has 0 fully saturated rings. The number of aromatic nitrogens is 2. The molecule has 0 unspecified atom stereocenters. The normalized spacial score (nSPS) is 11.1. The molecule has 0 amide bonds. The van der Waals surface area contributed by atoms with Crippen LogP contribution in [0.15, 0.2) is 58.3 Å². The molecule has 2 aromatic carbocycles. The highest BCUT2D eigenvalue weighted by Gasteiger charge is 2.12. The van der Waals surface area contributed by atoms with E-state index in [0.29, 0.717) is 17.1 Å². The van der Waals surface area contributed by atoms with Gasteiger partial charge in [0.25, 0.3) is 5.56 Å². The Morgan fingerprint density at radius 2 is 1.96 bits per heavy atom. The number of aryl methyl sites for hydroxylation is 1. The Balaban J connectivity index is 2.12. The molecule has 6 nitrogen and oxygen atoms in total. The summed E-state index contributed by atoms with van der Waals surface area (Å²) in [6.45, 7) is 1.96. The fraction of sp³-hybridized carbons (Fsp3) is 0.0556. The average molecular weight is 352 g/mol. The number of hydrogen-bond acceptors (Lipinski definition) is 5. The van der Waals surface area contributed by atoms with E-state index in [0.717, 1.165) is 5.56 Å². The van der Waals surface area contributed by atoms with Crippen molar-refractivity contribution in [2.24, 2.45) is 4.99 Å². The van der Waals surface area contributed by atoms with Crippen LogP contribution in [0.3, 0.4) is 0 Å². The Bertz CT molecular complexity index is 1070. The van der Waals surface area contributed by atoms with E-state index in [-0.39, 0.29) is 16.2 Å². The molecule has 126 valence electrons. The Morgan fingerprint density at radius 3 is 2.64 bits per heavy atom. The molecule has 0 atom stereocenters. The number of nitrogens with two attached hydrogens (primary N) is 1. The summed E-state index contributed by atoms with van der Waals surface area (Å²) < 4.78 is 1.49. The summed E-state index contributed by atoms with van der Waals surface area (Å²) in [5.41, 5.74) is 8.05. The van der Waals surface area contributed by atoms with Crippen LogP contribution in [0.4, 0.5) is 11.4 Å². The van der Waals surface area contributed by atoms with Gasteiger partial charge in [0, 0.05) is 11.9 Å². The molecule has 25 heavy (non-hydrogen) atoms. The van der Waals surface area contributed by atoms with Crippen LogP contribution in [0.2, 0.25) is 0 Å². The highest BCUT2D eigenvalue weighted by Crippen LogP contribution is 2.20. The quantitative estimate of drug-likeness (QED) is 0.383. The molecule has 0 bridgehead atoms. The minimum Gasteiger partial charge on any atom is -0.494 e. The minimum absolute atomic E-state index is 0.0107. The summed E-state index contributed by atoms with van der Waals surface area (Å²) in [6.07, 6.45) is 1.29. The average Bonchev–Trinajstić information content (AvgIpc) is 2.56. The number of hydrogen-bond donors (Lipinski definition) is 3. The molecule has 1 aromatic heterocycles. The van der Waals surface area contributed by atoms with Gasteiger partial charge in [0.05, 0.1) is 11.4 Å². The Kier molecular flexibility index (Phi) is 4.49. The molecule has 7 heteroatoms. The lowest BCUT2D eigenvalue weighted by molar-refractivity contribution is 0.432. The van der Waals surface area contributed by atoms with Crippen LogP contribution < -0.4 is 11.3 Å². The molecule has 0 radical (unpaired) electrons. The van der Waals surface area contributed by atoms with E-state index in [1.54, 1.807) is 24.3 Å². The van der Waals surface area contributed by atoms with E-state index >= 15 is 0 Å². The number of nitrogens with zero attached hydrogens (tertiary/aromatic N) is 2. The van der Waals surface area contributed by atoms with Gasteiger partial charge in [-0.1, -0.05) is 23.8 Å². The maximum Gasteiger partial charge on any atom is 0.264 e. The number of H-pyrrole nitrogens is 1. The lowest BCUT2D eigenvalue weighted by atomic mass is 10.2. The number of nitrogen functional groups attached to an aromatic ring is 1. The van der Waals surface area contributed by atoms with Crippen molar-refractivity contribution >= 4 is 29.8 Å². The van der Waals surface area contributed by atoms with Gasteiger partial charge < -0.3 is 10.8 Å². The van der Waals surface area contributed by atoms with Gasteiger partial charge in [-0.25, -0.2) is 0 Å². The third-order valence-corrected chi connectivity index (χ3v) is 3.91. The number of anilines is 1. The first-order valence-electron chi connectivity index (χ1n) is 7.50. The highest BCUT2D eigenvalue weighted by atomic mass is 32.1. The zero-order valence-electron chi connectivity index (χ0n) is 13.4. The number of aromatic hydroxyl groups is 1. The van der Waals surface area contributed by atoms with Gasteiger partial charge in [-0.3, -0.25) is 19.3 Å². The predicted octanol–water partition coefficient (Wildman–Crippen LogP) is 3.24. The molecule has 0 saturated carbocycles. The van der Waals surface area contributed by atoms with Crippen LogP contribution >= 0.6 is 12.2 Å². The van der Waals surface area contributed by atoms with Crippen LogP contribution in [-0.2, 0) is 0 Å². The molecule has 1 heterocycles. The molecule has 3 rings (SSSR count). The van der Waals surface area contributed by atoms with Gasteiger partial charge in [-0.2, -0.15) is 0 Å². The molecule has 0 spiro atoms. The number of rotatable bonds is 3. The van der Waals surface area contributed by atoms with Crippen LogP contribution in [0.5, 0.6) is 5.88 Å². The zero-order chi connectivity index (χ0) is 18.0. The molecular weight excluding hydrogens is 336 g/mol. The molecule has 0 aliphatic heterocycles. The summed E-state index contributed by atoms with van der Waals surface area (Å²) in [7, 11) is 0. The summed E-state index contributed by atoms with van der Waals surface area (Å²) in [5.74, 6) is -0.273. The fourth-order valence-electron chi connectivity index (χ4n) is 2.33. The lowest BCUT2D eigenvalue weighted by Crippen LogP contribution is -2.18. The van der Waals surface area contributed by atoms with Crippen molar-refractivity contribution in [3.8, 4) is 11.6 Å². The van der Waals surface area contributed by atoms with Crippen molar-refractivity contribution in [1.29, 1.82) is 0 Å². The van der Waals surface area contributed by atoms with Crippen molar-refractivity contribution < 1.29 is 5.11 Å². The third-order valence-electron chi connectivity index (χ3n) is 3.63. The molecule has 0 saturated heterocycles. The Labute approximate surface area is 148 Å². The van der Waals surface area contributed by atoms with E-state index in [2.05, 4.69) is 9.98 Å². The second-order valence-corrected chi connectivity index (χ2v) is 5.91. The maximum atomic E-state index is 12.2. The van der Waals surface area contributed by atoms with Gasteiger partial charge >= 0.3 is 0 Å². The SMILES string of the molecule is Cc1ccc(-n2c(O)c(C=Nc3cccc(N)c3)c(=O)[nH]c2=S)cc1. The van der Waals surface area contributed by atoms with Gasteiger partial charge in [0.1, 0.15) is 5.56 Å². The molecular formula is C18H16N4O2S. The molecule has 4 N–H and O–H groups in total. The standard InChI is InChI=1S/C18H16N4O2S/c1-11-5-7-14(8-6-11)22-17(24)15(16(23)21-18(22)25)10-20-13-4-2-3-12(19)9-13/h2-10,24H,19H2,1H3,(H,21,23,25). The summed E-state index contributed by atoms with van der Waals surface area (Å²) in [6, 6.07) is 14.3. The van der Waals surface area contributed by atoms with Crippen LogP contribution in [-0.4, -0.2) is 20.9 Å². The molecule has 0 aliphatic carbocycles. The summed E-state index contributed by atoms with van der Waals surface area (Å²) in [4.78, 5) is 18.9. The number of benzene rings is 2. The van der Waals surface area contributed by atoms with Gasteiger partial charge in [0.2, 0.25) is 5.88 Å². The van der Waals surface area contributed by atoms with E-state index < -0.39 is 5.56 Å². The number of aromatic amines is 1. The minimum atomic E-state index is -0.515. The van der Waals surface area contributed by atoms with Gasteiger partial charge in [0.15, 0.2) is 4.77 Å². The maximum absolute atomic E-state index is 12.2. The zero-order valence-corrected chi connectivity index (χ0v) is 14.2. The first-order chi connectivity index (χ1) is 12.0. The molecule has 3 aromatic rings. The van der Waals surface area contributed by atoms with Crippen LogP contribution in [0.25, 0.3) is 5.69 Å². The van der Waals surface area contributed by atoms with E-state index in [1.807, 2.05) is 31.2 Å². The number of nitrogens with one attached hydrogen (secondary N) is 1. The first-order valence-corrected chi connectivity index (χ1v) is 7.91. The fourth-order valence-corrected chi connectivity index (χ4v) is 2.62. The smallest absolute Gasteiger partial charge is 0.264 e. The second kappa shape index (κ2) is 6.74. The van der Waals surface area contributed by atoms with Crippen LogP contribution in [0, 0.1) is 11.7 Å². The lowest BCUT2D eigenvalue weighted by Gasteiger charge is -2.11. The summed E-state index contributed by atoms with van der Waals surface area (Å²) >= 11 is 5.18. The molecule has 0 aliphatic rings. The Hall–Kier alpha value is -3.19. The van der Waals surface area contributed by atoms with Crippen molar-refractivity contribution in [3.63, 3.8) is 0 Å². The summed E-state index contributed by atoms with van der Waals surface area (Å²) in [5, 5.41) is 10.6. The number of aliphatic imine (C=N–C) groups is 1. The first kappa shape index (κ1) is 16.7. The van der Waals surface area contributed by atoms with Gasteiger partial charge in [-0.05, 0) is 49.5 Å². The third kappa shape index (κ3) is 3.51. The van der Waals surface area contributed by atoms with Crippen molar-refractivity contribution in [2.75, 3.05) is 5.73 Å². The Morgan fingerprint density at radius 1 is 1.24 bits per heavy atom. The van der Waals surface area contributed by atoms with E-state index in [4.69, 9.17) is 18.0 Å².